The van der Waals surface area contributed by atoms with Crippen LogP contribution < -0.4 is 20.1 Å². The van der Waals surface area contributed by atoms with E-state index in [0.29, 0.717) is 22.1 Å². The minimum Gasteiger partial charge on any atom is -0.497 e. The number of hydrogen-bond donors (Lipinski definition) is 2. The highest BCUT2D eigenvalue weighted by atomic mass is 32.2. The van der Waals surface area contributed by atoms with Gasteiger partial charge in [0, 0.05) is 27.1 Å². The molecule has 0 fully saturated rings. The van der Waals surface area contributed by atoms with Gasteiger partial charge in [-0.2, -0.15) is 0 Å². The van der Waals surface area contributed by atoms with Gasteiger partial charge in [-0.15, -0.1) is 23.1 Å². The largest absolute Gasteiger partial charge is 0.497 e. The van der Waals surface area contributed by atoms with Gasteiger partial charge in [-0.3, -0.25) is 9.59 Å². The zero-order valence-electron chi connectivity index (χ0n) is 19.1. The number of nitrogens with zero attached hydrogens (tertiary/aromatic N) is 1. The summed E-state index contributed by atoms with van der Waals surface area (Å²) in [7, 11) is 3.18. The second-order valence-corrected chi connectivity index (χ2v) is 9.19. The molecule has 0 spiro atoms. The van der Waals surface area contributed by atoms with Crippen molar-refractivity contribution in [3.63, 3.8) is 0 Å². The van der Waals surface area contributed by atoms with E-state index in [-0.39, 0.29) is 17.6 Å². The zero-order chi connectivity index (χ0) is 24.6. The first-order valence-electron chi connectivity index (χ1n) is 10.6. The topological polar surface area (TPSA) is 89.5 Å². The van der Waals surface area contributed by atoms with Crippen molar-refractivity contribution in [2.75, 3.05) is 30.6 Å². The van der Waals surface area contributed by atoms with Gasteiger partial charge in [0.25, 0.3) is 5.91 Å². The third-order valence-electron chi connectivity index (χ3n) is 4.95. The molecule has 7 nitrogen and oxygen atoms in total. The molecule has 1 heterocycles. The Morgan fingerprint density at radius 3 is 2.51 bits per heavy atom. The van der Waals surface area contributed by atoms with Crippen LogP contribution in [-0.2, 0) is 4.79 Å². The maximum Gasteiger partial charge on any atom is 0.255 e. The molecule has 0 saturated heterocycles. The van der Waals surface area contributed by atoms with E-state index in [4.69, 9.17) is 9.47 Å². The zero-order valence-corrected chi connectivity index (χ0v) is 20.7. The lowest BCUT2D eigenvalue weighted by Crippen LogP contribution is -2.13. The summed E-state index contributed by atoms with van der Waals surface area (Å²) in [6.45, 7) is 0. The van der Waals surface area contributed by atoms with Crippen LogP contribution in [0.2, 0.25) is 0 Å². The van der Waals surface area contributed by atoms with Crippen LogP contribution in [-0.4, -0.2) is 36.8 Å². The molecule has 0 radical (unpaired) electrons. The van der Waals surface area contributed by atoms with Gasteiger partial charge in [0.05, 0.1) is 25.7 Å². The molecule has 0 aliphatic rings. The molecular weight excluding hydrogens is 482 g/mol. The number of rotatable bonds is 9. The van der Waals surface area contributed by atoms with E-state index in [0.717, 1.165) is 21.9 Å². The number of thioether (sulfide) groups is 1. The first-order valence-corrected chi connectivity index (χ1v) is 12.5. The maximum absolute atomic E-state index is 12.4. The molecule has 2 amide bonds. The number of para-hydroxylation sites is 1. The molecule has 4 rings (SSSR count). The number of methoxy groups -OCH3 is 2. The Morgan fingerprint density at radius 1 is 0.943 bits per heavy atom. The number of thiazole rings is 1. The van der Waals surface area contributed by atoms with E-state index in [2.05, 4.69) is 15.6 Å². The van der Waals surface area contributed by atoms with Crippen LogP contribution in [0.25, 0.3) is 11.3 Å². The summed E-state index contributed by atoms with van der Waals surface area (Å²) in [5.74, 6) is 1.22. The average molecular weight is 506 g/mol. The van der Waals surface area contributed by atoms with E-state index in [9.17, 15) is 9.59 Å². The van der Waals surface area contributed by atoms with Gasteiger partial charge in [0.15, 0.2) is 5.13 Å². The Kier molecular flexibility index (Phi) is 8.02. The molecule has 1 aromatic heterocycles. The van der Waals surface area contributed by atoms with Crippen molar-refractivity contribution in [1.29, 1.82) is 0 Å². The number of nitrogens with one attached hydrogen (secondary N) is 2. The molecule has 0 unspecified atom stereocenters. The van der Waals surface area contributed by atoms with Crippen molar-refractivity contribution >= 4 is 45.7 Å². The molecule has 0 aliphatic heterocycles. The monoisotopic (exact) mass is 505 g/mol. The van der Waals surface area contributed by atoms with Gasteiger partial charge < -0.3 is 20.1 Å². The smallest absolute Gasteiger partial charge is 0.255 e. The van der Waals surface area contributed by atoms with Crippen LogP contribution in [0, 0.1) is 0 Å². The maximum atomic E-state index is 12.4. The predicted molar refractivity (Wildman–Crippen MR) is 141 cm³/mol. The number of hydrogen-bond acceptors (Lipinski definition) is 7. The lowest BCUT2D eigenvalue weighted by Gasteiger charge is -2.08. The highest BCUT2D eigenvalue weighted by molar-refractivity contribution is 8.00. The lowest BCUT2D eigenvalue weighted by molar-refractivity contribution is -0.113. The Labute approximate surface area is 211 Å². The second-order valence-electron chi connectivity index (χ2n) is 7.29. The molecule has 0 atom stereocenters. The number of amides is 2. The minimum absolute atomic E-state index is 0.147. The fourth-order valence-electron chi connectivity index (χ4n) is 3.22. The summed E-state index contributed by atoms with van der Waals surface area (Å²) < 4.78 is 10.5. The van der Waals surface area contributed by atoms with Gasteiger partial charge in [-0.25, -0.2) is 4.98 Å². The Hall–Kier alpha value is -3.82. The molecule has 178 valence electrons. The van der Waals surface area contributed by atoms with E-state index in [1.807, 2.05) is 41.8 Å². The van der Waals surface area contributed by atoms with Crippen molar-refractivity contribution in [3.05, 3.63) is 83.7 Å². The van der Waals surface area contributed by atoms with Crippen LogP contribution in [0.4, 0.5) is 10.8 Å². The third kappa shape index (κ3) is 6.40. The fraction of sp³-hybridized carbons (Fsp3) is 0.115. The molecule has 0 aliphatic carbocycles. The quantitative estimate of drug-likeness (QED) is 0.279. The van der Waals surface area contributed by atoms with Crippen molar-refractivity contribution in [1.82, 2.24) is 4.98 Å². The van der Waals surface area contributed by atoms with E-state index in [1.54, 1.807) is 50.6 Å². The standard InChI is InChI=1S/C26H23N3O4S2/c1-32-19-7-5-6-17(14-19)25(31)27-18-10-12-20(13-11-18)34-16-24(30)29-26-28-22(15-35-26)21-8-3-4-9-23(21)33-2/h3-15H,16H2,1-2H3,(H,27,31)(H,28,29,30). The minimum atomic E-state index is -0.223. The molecule has 0 bridgehead atoms. The van der Waals surface area contributed by atoms with Gasteiger partial charge in [0.2, 0.25) is 5.91 Å². The number of carbonyl (C=O) groups excluding carboxylic acids is 2. The van der Waals surface area contributed by atoms with Crippen molar-refractivity contribution < 1.29 is 19.1 Å². The number of aromatic nitrogens is 1. The Morgan fingerprint density at radius 2 is 1.74 bits per heavy atom. The van der Waals surface area contributed by atoms with Gasteiger partial charge in [-0.1, -0.05) is 18.2 Å². The first-order chi connectivity index (χ1) is 17.1. The van der Waals surface area contributed by atoms with Crippen LogP contribution in [0.3, 0.4) is 0 Å². The van der Waals surface area contributed by atoms with Crippen LogP contribution >= 0.6 is 23.1 Å². The molecule has 4 aromatic rings. The SMILES string of the molecule is COc1cccc(C(=O)Nc2ccc(SCC(=O)Nc3nc(-c4ccccc4OC)cs3)cc2)c1. The van der Waals surface area contributed by atoms with E-state index < -0.39 is 0 Å². The number of ether oxygens (including phenoxy) is 2. The van der Waals surface area contributed by atoms with E-state index >= 15 is 0 Å². The fourth-order valence-corrected chi connectivity index (χ4v) is 4.64. The number of anilines is 2. The molecule has 35 heavy (non-hydrogen) atoms. The lowest BCUT2D eigenvalue weighted by atomic mass is 10.1. The molecule has 2 N–H and O–H groups in total. The molecule has 0 saturated carbocycles. The highest BCUT2D eigenvalue weighted by Gasteiger charge is 2.12. The molecular formula is C26H23N3O4S2. The highest BCUT2D eigenvalue weighted by Crippen LogP contribution is 2.32. The van der Waals surface area contributed by atoms with Crippen LogP contribution in [0.15, 0.2) is 83.1 Å². The van der Waals surface area contributed by atoms with Crippen molar-refractivity contribution in [3.8, 4) is 22.8 Å². The average Bonchev–Trinajstić information content (AvgIpc) is 3.36. The van der Waals surface area contributed by atoms with Gasteiger partial charge in [0.1, 0.15) is 11.5 Å². The van der Waals surface area contributed by atoms with Crippen molar-refractivity contribution in [2.45, 2.75) is 4.90 Å². The normalized spacial score (nSPS) is 10.5. The second kappa shape index (κ2) is 11.5. The summed E-state index contributed by atoms with van der Waals surface area (Å²) in [6.07, 6.45) is 0. The van der Waals surface area contributed by atoms with Crippen LogP contribution in [0.1, 0.15) is 10.4 Å². The van der Waals surface area contributed by atoms with Crippen LogP contribution in [0.5, 0.6) is 11.5 Å². The van der Waals surface area contributed by atoms with E-state index in [1.165, 1.54) is 23.1 Å². The summed E-state index contributed by atoms with van der Waals surface area (Å²) in [5.41, 5.74) is 2.80. The summed E-state index contributed by atoms with van der Waals surface area (Å²) in [5, 5.41) is 8.13. The Bertz CT molecular complexity index is 1320. The summed E-state index contributed by atoms with van der Waals surface area (Å²) in [6, 6.07) is 21.9. The van der Waals surface area contributed by atoms with Gasteiger partial charge in [-0.05, 0) is 54.6 Å². The summed E-state index contributed by atoms with van der Waals surface area (Å²) in [4.78, 5) is 30.3. The third-order valence-corrected chi connectivity index (χ3v) is 6.72. The predicted octanol–water partition coefficient (Wildman–Crippen LogP) is 5.81. The molecule has 9 heteroatoms. The number of benzene rings is 3. The summed E-state index contributed by atoms with van der Waals surface area (Å²) >= 11 is 2.77. The Balaban J connectivity index is 1.29. The first kappa shape index (κ1) is 24.3. The molecule has 3 aromatic carbocycles. The van der Waals surface area contributed by atoms with Crippen molar-refractivity contribution in [2.24, 2.45) is 0 Å². The van der Waals surface area contributed by atoms with Gasteiger partial charge >= 0.3 is 0 Å². The number of carbonyl (C=O) groups is 2.